The van der Waals surface area contributed by atoms with Crippen molar-refractivity contribution in [2.75, 3.05) is 6.61 Å². The first kappa shape index (κ1) is 22.2. The Hall–Kier alpha value is -0.136. The van der Waals surface area contributed by atoms with E-state index in [2.05, 4.69) is 61.6 Å². The standard InChI is InChI=1S/C21H42O3Si2/c1-10-23-25(8,9)20-13-17-11-18(20)19(12-17)21(22)24-26(14(2)3,15(4)5)16(6)7/h14-20H,10-13H2,1-9H3. The van der Waals surface area contributed by atoms with Crippen LogP contribution in [0, 0.1) is 17.8 Å². The van der Waals surface area contributed by atoms with Gasteiger partial charge in [-0.25, -0.2) is 0 Å². The zero-order valence-electron chi connectivity index (χ0n) is 18.6. The van der Waals surface area contributed by atoms with Gasteiger partial charge in [0.15, 0.2) is 8.32 Å². The molecule has 0 N–H and O–H groups in total. The number of carbonyl (C=O) groups is 1. The van der Waals surface area contributed by atoms with Crippen LogP contribution in [-0.4, -0.2) is 29.2 Å². The maximum Gasteiger partial charge on any atom is 0.295 e. The van der Waals surface area contributed by atoms with E-state index < -0.39 is 16.6 Å². The highest BCUT2D eigenvalue weighted by molar-refractivity contribution is 6.79. The summed E-state index contributed by atoms with van der Waals surface area (Å²) >= 11 is 0. The van der Waals surface area contributed by atoms with E-state index in [9.17, 15) is 4.79 Å². The molecule has 2 bridgehead atoms. The molecule has 26 heavy (non-hydrogen) atoms. The zero-order chi connectivity index (χ0) is 19.9. The molecule has 2 rings (SSSR count). The average molecular weight is 399 g/mol. The quantitative estimate of drug-likeness (QED) is 0.446. The van der Waals surface area contributed by atoms with Crippen LogP contribution in [0.15, 0.2) is 0 Å². The van der Waals surface area contributed by atoms with Gasteiger partial charge in [-0.05, 0) is 73.3 Å². The summed E-state index contributed by atoms with van der Waals surface area (Å²) in [6, 6.07) is 0. The minimum atomic E-state index is -2.14. The van der Waals surface area contributed by atoms with E-state index in [1.165, 1.54) is 12.8 Å². The topological polar surface area (TPSA) is 35.5 Å². The summed E-state index contributed by atoms with van der Waals surface area (Å²) < 4.78 is 12.8. The second-order valence-corrected chi connectivity index (χ2v) is 19.8. The lowest BCUT2D eigenvalue weighted by atomic mass is 9.88. The Morgan fingerprint density at radius 1 is 0.962 bits per heavy atom. The van der Waals surface area contributed by atoms with Crippen molar-refractivity contribution in [1.82, 2.24) is 0 Å². The highest BCUT2D eigenvalue weighted by atomic mass is 28.4. The minimum Gasteiger partial charge on any atom is -0.518 e. The van der Waals surface area contributed by atoms with Gasteiger partial charge in [0.2, 0.25) is 0 Å². The van der Waals surface area contributed by atoms with Crippen molar-refractivity contribution in [3.63, 3.8) is 0 Å². The molecule has 2 saturated carbocycles. The van der Waals surface area contributed by atoms with Crippen molar-refractivity contribution in [3.05, 3.63) is 0 Å². The molecule has 5 heteroatoms. The first-order chi connectivity index (χ1) is 12.0. The highest BCUT2D eigenvalue weighted by Crippen LogP contribution is 2.59. The van der Waals surface area contributed by atoms with E-state index in [0.29, 0.717) is 34.0 Å². The molecule has 0 aromatic carbocycles. The Labute approximate surface area is 163 Å². The highest BCUT2D eigenvalue weighted by Gasteiger charge is 2.57. The molecule has 2 aliphatic carbocycles. The SMILES string of the molecule is CCO[Si](C)(C)C1CC2CC(C(=O)O[Si](C(C)C)(C(C)C)C(C)C)C1C2. The first-order valence-corrected chi connectivity index (χ1v) is 16.0. The van der Waals surface area contributed by atoms with Gasteiger partial charge in [-0.15, -0.1) is 0 Å². The molecular weight excluding hydrogens is 356 g/mol. The fourth-order valence-electron chi connectivity index (χ4n) is 6.50. The number of carbonyl (C=O) groups excluding carboxylic acids is 1. The van der Waals surface area contributed by atoms with Gasteiger partial charge in [-0.3, -0.25) is 4.79 Å². The van der Waals surface area contributed by atoms with Crippen molar-refractivity contribution in [2.45, 2.75) is 103 Å². The molecule has 0 aliphatic heterocycles. The molecule has 152 valence electrons. The van der Waals surface area contributed by atoms with Gasteiger partial charge in [-0.2, -0.15) is 0 Å². The first-order valence-electron chi connectivity index (χ1n) is 10.8. The molecule has 4 atom stereocenters. The summed E-state index contributed by atoms with van der Waals surface area (Å²) in [6.07, 6.45) is 3.54. The van der Waals surface area contributed by atoms with E-state index in [4.69, 9.17) is 8.85 Å². The van der Waals surface area contributed by atoms with Crippen LogP contribution >= 0.6 is 0 Å². The lowest BCUT2D eigenvalue weighted by Crippen LogP contribution is -2.51. The van der Waals surface area contributed by atoms with Gasteiger partial charge in [-0.1, -0.05) is 41.5 Å². The molecule has 2 aliphatic rings. The second-order valence-electron chi connectivity index (χ2n) is 10.2. The Kier molecular flexibility index (Phi) is 6.88. The van der Waals surface area contributed by atoms with Crippen LogP contribution in [-0.2, 0) is 13.6 Å². The molecule has 0 amide bonds. The van der Waals surface area contributed by atoms with Crippen molar-refractivity contribution in [1.29, 1.82) is 0 Å². The predicted octanol–water partition coefficient (Wildman–Crippen LogP) is 6.36. The van der Waals surface area contributed by atoms with E-state index in [1.54, 1.807) is 0 Å². The lowest BCUT2D eigenvalue weighted by molar-refractivity contribution is -0.142. The van der Waals surface area contributed by atoms with Crippen molar-refractivity contribution in [2.24, 2.45) is 17.8 Å². The molecule has 0 aromatic rings. The molecule has 0 heterocycles. The van der Waals surface area contributed by atoms with Gasteiger partial charge in [0.1, 0.15) is 0 Å². The fraction of sp³-hybridized carbons (Fsp3) is 0.952. The van der Waals surface area contributed by atoms with Crippen molar-refractivity contribution < 1.29 is 13.6 Å². The van der Waals surface area contributed by atoms with Gasteiger partial charge in [0.05, 0.1) is 5.92 Å². The molecule has 3 nitrogen and oxygen atoms in total. The Morgan fingerprint density at radius 3 is 1.92 bits per heavy atom. The van der Waals surface area contributed by atoms with Crippen LogP contribution in [0.5, 0.6) is 0 Å². The predicted molar refractivity (Wildman–Crippen MR) is 114 cm³/mol. The van der Waals surface area contributed by atoms with Crippen LogP contribution in [0.25, 0.3) is 0 Å². The third-order valence-electron chi connectivity index (χ3n) is 7.51. The Balaban J connectivity index is 2.19. The van der Waals surface area contributed by atoms with Crippen LogP contribution in [0.4, 0.5) is 0 Å². The van der Waals surface area contributed by atoms with Gasteiger partial charge in [0.25, 0.3) is 14.3 Å². The summed E-state index contributed by atoms with van der Waals surface area (Å²) in [5.41, 5.74) is 1.98. The van der Waals surface area contributed by atoms with Gasteiger partial charge < -0.3 is 8.85 Å². The third kappa shape index (κ3) is 3.86. The Morgan fingerprint density at radius 2 is 1.50 bits per heavy atom. The van der Waals surface area contributed by atoms with E-state index in [-0.39, 0.29) is 11.9 Å². The van der Waals surface area contributed by atoms with Gasteiger partial charge >= 0.3 is 0 Å². The summed E-state index contributed by atoms with van der Waals surface area (Å²) in [7, 11) is -3.87. The molecule has 4 unspecified atom stereocenters. The van der Waals surface area contributed by atoms with Crippen LogP contribution in [0.2, 0.25) is 35.3 Å². The van der Waals surface area contributed by atoms with Crippen molar-refractivity contribution >= 4 is 22.6 Å². The van der Waals surface area contributed by atoms with E-state index in [0.717, 1.165) is 13.0 Å². The fourth-order valence-corrected chi connectivity index (χ4v) is 15.0. The molecular formula is C21H42O3Si2. The third-order valence-corrected chi connectivity index (χ3v) is 17.0. The minimum absolute atomic E-state index is 0.120. The zero-order valence-corrected chi connectivity index (χ0v) is 20.6. The Bertz CT molecular complexity index is 480. The molecule has 0 spiro atoms. The van der Waals surface area contributed by atoms with E-state index >= 15 is 0 Å². The summed E-state index contributed by atoms with van der Waals surface area (Å²) in [6.45, 7) is 21.1. The molecule has 0 aromatic heterocycles. The van der Waals surface area contributed by atoms with Crippen molar-refractivity contribution in [3.8, 4) is 0 Å². The summed E-state index contributed by atoms with van der Waals surface area (Å²) in [5.74, 6) is 1.46. The largest absolute Gasteiger partial charge is 0.518 e. The maximum atomic E-state index is 13.4. The summed E-state index contributed by atoms with van der Waals surface area (Å²) in [5, 5.41) is 0. The lowest BCUT2D eigenvalue weighted by Gasteiger charge is -2.43. The number of fused-ring (bicyclic) bond motifs is 2. The van der Waals surface area contributed by atoms with Gasteiger partial charge in [0, 0.05) is 6.61 Å². The monoisotopic (exact) mass is 398 g/mol. The number of hydrogen-bond donors (Lipinski definition) is 0. The average Bonchev–Trinajstić information content (AvgIpc) is 3.12. The second kappa shape index (κ2) is 8.08. The van der Waals surface area contributed by atoms with E-state index in [1.807, 2.05) is 0 Å². The molecule has 0 saturated heterocycles. The normalized spacial score (nSPS) is 29.2. The molecule has 0 radical (unpaired) electrons. The van der Waals surface area contributed by atoms with Crippen LogP contribution < -0.4 is 0 Å². The smallest absolute Gasteiger partial charge is 0.295 e. The number of rotatable bonds is 8. The molecule has 2 fully saturated rings. The van der Waals surface area contributed by atoms with Crippen LogP contribution in [0.1, 0.15) is 67.7 Å². The summed E-state index contributed by atoms with van der Waals surface area (Å²) in [4.78, 5) is 13.4. The maximum absolute atomic E-state index is 13.4. The number of hydrogen-bond acceptors (Lipinski definition) is 3. The van der Waals surface area contributed by atoms with Crippen LogP contribution in [0.3, 0.4) is 0 Å².